The van der Waals surface area contributed by atoms with Crippen molar-refractivity contribution in [3.63, 3.8) is 0 Å². The summed E-state index contributed by atoms with van der Waals surface area (Å²) in [6.45, 7) is 5.59. The van der Waals surface area contributed by atoms with Gasteiger partial charge in [0.05, 0.1) is 11.4 Å². The van der Waals surface area contributed by atoms with Gasteiger partial charge in [-0.25, -0.2) is 4.68 Å². The van der Waals surface area contributed by atoms with Crippen LogP contribution in [-0.4, -0.2) is 52.0 Å². The van der Waals surface area contributed by atoms with Gasteiger partial charge in [-0.3, -0.25) is 4.79 Å². The van der Waals surface area contributed by atoms with Gasteiger partial charge in [-0.2, -0.15) is 0 Å². The highest BCUT2D eigenvalue weighted by atomic mass is 35.5. The second kappa shape index (κ2) is 7.77. The minimum absolute atomic E-state index is 0.183. The van der Waals surface area contributed by atoms with Gasteiger partial charge in [-0.15, -0.1) is 5.10 Å². The van der Waals surface area contributed by atoms with Crippen LogP contribution < -0.4 is 5.32 Å². The number of hydrogen-bond donors (Lipinski definition) is 1. The molecule has 1 aromatic heterocycles. The molecule has 3 rings (SSSR count). The van der Waals surface area contributed by atoms with Crippen LogP contribution in [0.25, 0.3) is 5.69 Å². The molecule has 128 valence electrons. The lowest BCUT2D eigenvalue weighted by atomic mass is 10.1. The first-order chi connectivity index (χ1) is 11.6. The smallest absolute Gasteiger partial charge is 0.273 e. The summed E-state index contributed by atoms with van der Waals surface area (Å²) >= 11 is 6.01. The van der Waals surface area contributed by atoms with Crippen molar-refractivity contribution in [3.8, 4) is 5.69 Å². The van der Waals surface area contributed by atoms with Crippen molar-refractivity contribution in [2.75, 3.05) is 26.2 Å². The summed E-state index contributed by atoms with van der Waals surface area (Å²) in [6.07, 6.45) is 3.82. The molecule has 0 radical (unpaired) electrons. The number of likely N-dealkylation sites (tertiary alicyclic amines) is 1. The minimum atomic E-state index is -0.183. The van der Waals surface area contributed by atoms with E-state index in [-0.39, 0.29) is 5.91 Å². The number of piperidine rings is 1. The van der Waals surface area contributed by atoms with Gasteiger partial charge in [0, 0.05) is 18.1 Å². The molecule has 0 atom stereocenters. The standard InChI is InChI=1S/C17H22ClN5O/c1-13-16(17(24)19-8-11-22-9-3-2-4-10-22)20-21-23(13)15-7-5-6-14(18)12-15/h5-7,12H,2-4,8-11H2,1H3,(H,19,24). The first-order valence-electron chi connectivity index (χ1n) is 8.34. The molecule has 1 N–H and O–H groups in total. The van der Waals surface area contributed by atoms with Gasteiger partial charge < -0.3 is 10.2 Å². The molecular formula is C17H22ClN5O. The summed E-state index contributed by atoms with van der Waals surface area (Å²) in [5, 5.41) is 11.7. The van der Waals surface area contributed by atoms with E-state index in [0.29, 0.717) is 23.0 Å². The summed E-state index contributed by atoms with van der Waals surface area (Å²) in [5.74, 6) is -0.183. The van der Waals surface area contributed by atoms with Crippen molar-refractivity contribution in [1.29, 1.82) is 0 Å². The Bertz CT molecular complexity index is 709. The highest BCUT2D eigenvalue weighted by Gasteiger charge is 2.17. The maximum atomic E-state index is 12.3. The van der Waals surface area contributed by atoms with Crippen molar-refractivity contribution in [1.82, 2.24) is 25.2 Å². The lowest BCUT2D eigenvalue weighted by Crippen LogP contribution is -2.37. The SMILES string of the molecule is Cc1c(C(=O)NCCN2CCCCC2)nnn1-c1cccc(Cl)c1. The Morgan fingerprint density at radius 3 is 2.83 bits per heavy atom. The Hall–Kier alpha value is -1.92. The molecule has 0 spiro atoms. The van der Waals surface area contributed by atoms with Crippen molar-refractivity contribution in [2.45, 2.75) is 26.2 Å². The van der Waals surface area contributed by atoms with Crippen LogP contribution in [-0.2, 0) is 0 Å². The van der Waals surface area contributed by atoms with Crippen LogP contribution >= 0.6 is 11.6 Å². The molecule has 0 saturated carbocycles. The molecule has 0 unspecified atom stereocenters. The Kier molecular flexibility index (Phi) is 5.48. The number of carbonyl (C=O) groups is 1. The van der Waals surface area contributed by atoms with E-state index in [4.69, 9.17) is 11.6 Å². The largest absolute Gasteiger partial charge is 0.349 e. The number of carbonyl (C=O) groups excluding carboxylic acids is 1. The zero-order valence-corrected chi connectivity index (χ0v) is 14.6. The molecule has 6 nitrogen and oxygen atoms in total. The molecule has 24 heavy (non-hydrogen) atoms. The van der Waals surface area contributed by atoms with Gasteiger partial charge in [0.15, 0.2) is 5.69 Å². The molecule has 2 heterocycles. The highest BCUT2D eigenvalue weighted by Crippen LogP contribution is 2.16. The van der Waals surface area contributed by atoms with Crippen LogP contribution in [0.5, 0.6) is 0 Å². The van der Waals surface area contributed by atoms with Gasteiger partial charge in [0.25, 0.3) is 5.91 Å². The normalized spacial score (nSPS) is 15.4. The lowest BCUT2D eigenvalue weighted by molar-refractivity contribution is 0.0941. The van der Waals surface area contributed by atoms with Gasteiger partial charge in [-0.1, -0.05) is 29.3 Å². The number of hydrogen-bond acceptors (Lipinski definition) is 4. The first-order valence-corrected chi connectivity index (χ1v) is 8.72. The van der Waals surface area contributed by atoms with E-state index < -0.39 is 0 Å². The van der Waals surface area contributed by atoms with Crippen LogP contribution in [0.1, 0.15) is 35.4 Å². The molecule has 7 heteroatoms. The molecule has 1 aliphatic rings. The van der Waals surface area contributed by atoms with Crippen molar-refractivity contribution in [3.05, 3.63) is 40.7 Å². The van der Waals surface area contributed by atoms with Crippen LogP contribution in [0.2, 0.25) is 5.02 Å². The molecule has 1 amide bonds. The number of nitrogens with one attached hydrogen (secondary N) is 1. The van der Waals surface area contributed by atoms with Crippen molar-refractivity contribution < 1.29 is 4.79 Å². The second-order valence-electron chi connectivity index (χ2n) is 6.07. The molecular weight excluding hydrogens is 326 g/mol. The number of halogens is 1. The van der Waals surface area contributed by atoms with Gasteiger partial charge in [-0.05, 0) is 51.1 Å². The summed E-state index contributed by atoms with van der Waals surface area (Å²) < 4.78 is 1.63. The number of rotatable bonds is 5. The predicted octanol–water partition coefficient (Wildman–Crippen LogP) is 2.44. The molecule has 1 fully saturated rings. The third kappa shape index (κ3) is 3.94. The second-order valence-corrected chi connectivity index (χ2v) is 6.51. The predicted molar refractivity (Wildman–Crippen MR) is 93.7 cm³/mol. The molecule has 2 aromatic rings. The summed E-state index contributed by atoms with van der Waals surface area (Å²) in [6, 6.07) is 7.32. The number of amides is 1. The Balaban J connectivity index is 1.61. The quantitative estimate of drug-likeness (QED) is 0.902. The van der Waals surface area contributed by atoms with Crippen LogP contribution in [0.3, 0.4) is 0 Å². The zero-order chi connectivity index (χ0) is 16.9. The van der Waals surface area contributed by atoms with E-state index in [9.17, 15) is 4.79 Å². The van der Waals surface area contributed by atoms with Crippen LogP contribution in [0.4, 0.5) is 0 Å². The van der Waals surface area contributed by atoms with Gasteiger partial charge in [0.1, 0.15) is 0 Å². The number of aromatic nitrogens is 3. The summed E-state index contributed by atoms with van der Waals surface area (Å²) in [7, 11) is 0. The highest BCUT2D eigenvalue weighted by molar-refractivity contribution is 6.30. The van der Waals surface area contributed by atoms with Crippen LogP contribution in [0.15, 0.2) is 24.3 Å². The zero-order valence-electron chi connectivity index (χ0n) is 13.8. The fourth-order valence-corrected chi connectivity index (χ4v) is 3.17. The summed E-state index contributed by atoms with van der Waals surface area (Å²) in [5.41, 5.74) is 1.85. The third-order valence-electron chi connectivity index (χ3n) is 4.32. The maximum Gasteiger partial charge on any atom is 0.273 e. The fraction of sp³-hybridized carbons (Fsp3) is 0.471. The van der Waals surface area contributed by atoms with E-state index in [1.54, 1.807) is 16.8 Å². The van der Waals surface area contributed by atoms with Gasteiger partial charge >= 0.3 is 0 Å². The molecule has 1 aromatic carbocycles. The number of nitrogens with zero attached hydrogens (tertiary/aromatic N) is 4. The van der Waals surface area contributed by atoms with Crippen LogP contribution in [0, 0.1) is 6.92 Å². The number of benzene rings is 1. The Morgan fingerprint density at radius 1 is 1.29 bits per heavy atom. The minimum Gasteiger partial charge on any atom is -0.349 e. The monoisotopic (exact) mass is 347 g/mol. The molecule has 0 aliphatic carbocycles. The topological polar surface area (TPSA) is 63.1 Å². The average molecular weight is 348 g/mol. The fourth-order valence-electron chi connectivity index (χ4n) is 2.99. The van der Waals surface area contributed by atoms with E-state index in [1.165, 1.54) is 19.3 Å². The molecule has 1 aliphatic heterocycles. The lowest BCUT2D eigenvalue weighted by Gasteiger charge is -2.26. The van der Waals surface area contributed by atoms with E-state index in [1.807, 2.05) is 19.1 Å². The molecule has 1 saturated heterocycles. The summed E-state index contributed by atoms with van der Waals surface area (Å²) in [4.78, 5) is 14.7. The maximum absolute atomic E-state index is 12.3. The van der Waals surface area contributed by atoms with Crippen molar-refractivity contribution >= 4 is 17.5 Å². The Labute approximate surface area is 146 Å². The van der Waals surface area contributed by atoms with E-state index in [2.05, 4.69) is 20.5 Å². The average Bonchev–Trinajstić information content (AvgIpc) is 2.97. The Morgan fingerprint density at radius 2 is 2.08 bits per heavy atom. The van der Waals surface area contributed by atoms with E-state index in [0.717, 1.165) is 25.3 Å². The first kappa shape index (κ1) is 16.9. The van der Waals surface area contributed by atoms with Crippen molar-refractivity contribution in [2.24, 2.45) is 0 Å². The van der Waals surface area contributed by atoms with E-state index >= 15 is 0 Å². The van der Waals surface area contributed by atoms with Gasteiger partial charge in [0.2, 0.25) is 0 Å². The molecule has 0 bridgehead atoms. The third-order valence-corrected chi connectivity index (χ3v) is 4.56.